The summed E-state index contributed by atoms with van der Waals surface area (Å²) in [5, 5.41) is 2.62. The zero-order chi connectivity index (χ0) is 19.6. The molecule has 0 bridgehead atoms. The monoisotopic (exact) mass is 356 g/mol. The van der Waals surface area contributed by atoms with Crippen LogP contribution in [-0.4, -0.2) is 42.1 Å². The molecule has 0 aliphatic rings. The number of carbonyl (C=O) groups is 3. The molecule has 0 aliphatic carbocycles. The summed E-state index contributed by atoms with van der Waals surface area (Å²) in [6, 6.07) is -1.70. The van der Waals surface area contributed by atoms with E-state index in [9.17, 15) is 14.4 Å². The van der Waals surface area contributed by atoms with Crippen LogP contribution in [0, 0.1) is 5.92 Å². The Morgan fingerprint density at radius 3 is 2.36 bits per heavy atom. The molecule has 0 rings (SSSR count). The lowest BCUT2D eigenvalue weighted by atomic mass is 9.98. The molecule has 1 unspecified atom stereocenters. The van der Waals surface area contributed by atoms with Gasteiger partial charge in [0, 0.05) is 6.42 Å². The topological polar surface area (TPSA) is 108 Å². The first-order valence-corrected chi connectivity index (χ1v) is 8.57. The van der Waals surface area contributed by atoms with Gasteiger partial charge < -0.3 is 20.5 Å². The Morgan fingerprint density at radius 1 is 1.28 bits per heavy atom. The Hall–Kier alpha value is -1.89. The van der Waals surface area contributed by atoms with Crippen LogP contribution in [0.3, 0.4) is 0 Å². The van der Waals surface area contributed by atoms with E-state index in [1.807, 2.05) is 13.8 Å². The van der Waals surface area contributed by atoms with E-state index < -0.39 is 35.5 Å². The Morgan fingerprint density at radius 2 is 1.88 bits per heavy atom. The molecule has 25 heavy (non-hydrogen) atoms. The third-order valence-electron chi connectivity index (χ3n) is 3.52. The SMILES string of the molecule is C=CCOC(=O)[C@H](NC(=O)[C@@H](N)CCC(=O)OC(C)(C)C)C(C)CC. The Bertz CT molecular complexity index is 471. The number of hydrogen-bond donors (Lipinski definition) is 2. The molecule has 7 heteroatoms. The van der Waals surface area contributed by atoms with E-state index in [4.69, 9.17) is 15.2 Å². The summed E-state index contributed by atoms with van der Waals surface area (Å²) in [5.74, 6) is -1.55. The van der Waals surface area contributed by atoms with E-state index in [-0.39, 0.29) is 25.4 Å². The summed E-state index contributed by atoms with van der Waals surface area (Å²) in [6.45, 7) is 12.6. The minimum absolute atomic E-state index is 0.0285. The fourth-order valence-corrected chi connectivity index (χ4v) is 1.96. The van der Waals surface area contributed by atoms with Gasteiger partial charge in [0.15, 0.2) is 0 Å². The van der Waals surface area contributed by atoms with E-state index in [1.54, 1.807) is 20.8 Å². The minimum Gasteiger partial charge on any atom is -0.460 e. The van der Waals surface area contributed by atoms with E-state index in [1.165, 1.54) is 6.08 Å². The molecular formula is C18H32N2O5. The van der Waals surface area contributed by atoms with Crippen molar-refractivity contribution < 1.29 is 23.9 Å². The summed E-state index contributed by atoms with van der Waals surface area (Å²) in [4.78, 5) is 36.0. The standard InChI is InChI=1S/C18H32N2O5/c1-7-11-24-17(23)15(12(3)8-2)20-16(22)13(19)9-10-14(21)25-18(4,5)6/h7,12-13,15H,1,8-11,19H2,2-6H3,(H,20,22)/t12?,13-,15+/m0/s1. The third kappa shape index (κ3) is 9.86. The maximum atomic E-state index is 12.2. The van der Waals surface area contributed by atoms with Gasteiger partial charge in [0.2, 0.25) is 5.91 Å². The van der Waals surface area contributed by atoms with Crippen LogP contribution in [0.4, 0.5) is 0 Å². The van der Waals surface area contributed by atoms with Crippen LogP contribution in [0.15, 0.2) is 12.7 Å². The second kappa shape index (κ2) is 10.9. The Balaban J connectivity index is 4.64. The molecule has 0 heterocycles. The number of hydrogen-bond acceptors (Lipinski definition) is 6. The largest absolute Gasteiger partial charge is 0.460 e. The van der Waals surface area contributed by atoms with Crippen LogP contribution in [-0.2, 0) is 23.9 Å². The summed E-state index contributed by atoms with van der Waals surface area (Å²) in [7, 11) is 0. The van der Waals surface area contributed by atoms with Crippen molar-refractivity contribution in [1.82, 2.24) is 5.32 Å². The molecule has 0 radical (unpaired) electrons. The average Bonchev–Trinajstić information content (AvgIpc) is 2.52. The van der Waals surface area contributed by atoms with Crippen molar-refractivity contribution in [2.75, 3.05) is 6.61 Å². The summed E-state index contributed by atoms with van der Waals surface area (Å²) in [5.41, 5.74) is 5.25. The van der Waals surface area contributed by atoms with Crippen LogP contribution in [0.5, 0.6) is 0 Å². The van der Waals surface area contributed by atoms with Gasteiger partial charge in [0.25, 0.3) is 0 Å². The molecule has 0 fully saturated rings. The van der Waals surface area contributed by atoms with E-state index in [2.05, 4.69) is 11.9 Å². The van der Waals surface area contributed by atoms with Crippen molar-refractivity contribution in [3.63, 3.8) is 0 Å². The number of carbonyl (C=O) groups excluding carboxylic acids is 3. The number of amides is 1. The van der Waals surface area contributed by atoms with Gasteiger partial charge >= 0.3 is 11.9 Å². The highest BCUT2D eigenvalue weighted by molar-refractivity contribution is 5.88. The smallest absolute Gasteiger partial charge is 0.329 e. The molecule has 0 aliphatic heterocycles. The van der Waals surface area contributed by atoms with Crippen LogP contribution < -0.4 is 11.1 Å². The van der Waals surface area contributed by atoms with Gasteiger partial charge in [0.05, 0.1) is 6.04 Å². The zero-order valence-corrected chi connectivity index (χ0v) is 16.0. The predicted octanol–water partition coefficient (Wildman–Crippen LogP) is 1.70. The van der Waals surface area contributed by atoms with Gasteiger partial charge in [-0.05, 0) is 33.1 Å². The zero-order valence-electron chi connectivity index (χ0n) is 16.0. The molecule has 7 nitrogen and oxygen atoms in total. The summed E-state index contributed by atoms with van der Waals surface area (Å²) >= 11 is 0. The maximum Gasteiger partial charge on any atom is 0.329 e. The first-order valence-electron chi connectivity index (χ1n) is 8.57. The van der Waals surface area contributed by atoms with Crippen molar-refractivity contribution in [2.24, 2.45) is 11.7 Å². The van der Waals surface area contributed by atoms with Crippen LogP contribution >= 0.6 is 0 Å². The lowest BCUT2D eigenvalue weighted by molar-refractivity contribution is -0.155. The van der Waals surface area contributed by atoms with Crippen molar-refractivity contribution in [1.29, 1.82) is 0 Å². The molecule has 0 aromatic heterocycles. The third-order valence-corrected chi connectivity index (χ3v) is 3.52. The van der Waals surface area contributed by atoms with Crippen molar-refractivity contribution >= 4 is 17.8 Å². The molecule has 144 valence electrons. The van der Waals surface area contributed by atoms with Gasteiger partial charge in [-0.1, -0.05) is 32.9 Å². The molecule has 0 aromatic rings. The molecule has 0 saturated heterocycles. The molecule has 0 spiro atoms. The quantitative estimate of drug-likeness (QED) is 0.456. The summed E-state index contributed by atoms with van der Waals surface area (Å²) in [6.07, 6.45) is 2.30. The van der Waals surface area contributed by atoms with Gasteiger partial charge in [-0.15, -0.1) is 0 Å². The Kier molecular flexibility index (Phi) is 10.0. The highest BCUT2D eigenvalue weighted by Gasteiger charge is 2.29. The van der Waals surface area contributed by atoms with Gasteiger partial charge in [-0.2, -0.15) is 0 Å². The number of ether oxygens (including phenoxy) is 2. The maximum absolute atomic E-state index is 12.2. The second-order valence-electron chi connectivity index (χ2n) is 7.02. The van der Waals surface area contributed by atoms with Crippen LogP contribution in [0.2, 0.25) is 0 Å². The summed E-state index contributed by atoms with van der Waals surface area (Å²) < 4.78 is 10.2. The molecular weight excluding hydrogens is 324 g/mol. The van der Waals surface area contributed by atoms with Crippen LogP contribution in [0.25, 0.3) is 0 Å². The van der Waals surface area contributed by atoms with E-state index >= 15 is 0 Å². The first-order chi connectivity index (χ1) is 11.5. The average molecular weight is 356 g/mol. The molecule has 3 N–H and O–H groups in total. The number of nitrogens with one attached hydrogen (secondary N) is 1. The second-order valence-corrected chi connectivity index (χ2v) is 7.02. The fourth-order valence-electron chi connectivity index (χ4n) is 1.96. The Labute approximate surface area is 150 Å². The highest BCUT2D eigenvalue weighted by Crippen LogP contribution is 2.12. The lowest BCUT2D eigenvalue weighted by Gasteiger charge is -2.24. The highest BCUT2D eigenvalue weighted by atomic mass is 16.6. The van der Waals surface area contributed by atoms with Crippen molar-refractivity contribution in [3.8, 4) is 0 Å². The normalized spacial score (nSPS) is 14.8. The van der Waals surface area contributed by atoms with Crippen molar-refractivity contribution in [3.05, 3.63) is 12.7 Å². The molecule has 1 amide bonds. The predicted molar refractivity (Wildman–Crippen MR) is 95.6 cm³/mol. The van der Waals surface area contributed by atoms with Gasteiger partial charge in [-0.25, -0.2) is 4.79 Å². The number of rotatable bonds is 10. The molecule has 3 atom stereocenters. The fraction of sp³-hybridized carbons (Fsp3) is 0.722. The van der Waals surface area contributed by atoms with Gasteiger partial charge in [-0.3, -0.25) is 9.59 Å². The van der Waals surface area contributed by atoms with E-state index in [0.717, 1.165) is 0 Å². The van der Waals surface area contributed by atoms with Gasteiger partial charge in [0.1, 0.15) is 18.2 Å². The minimum atomic E-state index is -0.911. The number of esters is 2. The molecule has 0 saturated carbocycles. The van der Waals surface area contributed by atoms with E-state index in [0.29, 0.717) is 6.42 Å². The number of nitrogens with two attached hydrogens (primary N) is 1. The van der Waals surface area contributed by atoms with Crippen LogP contribution in [0.1, 0.15) is 53.9 Å². The lowest BCUT2D eigenvalue weighted by Crippen LogP contribution is -2.51. The molecule has 0 aromatic carbocycles. The van der Waals surface area contributed by atoms with Crippen molar-refractivity contribution in [2.45, 2.75) is 71.6 Å². The first kappa shape index (κ1) is 23.1.